The Morgan fingerprint density at radius 3 is 2.94 bits per heavy atom. The van der Waals surface area contributed by atoms with E-state index in [1.807, 2.05) is 13.0 Å². The van der Waals surface area contributed by atoms with Crippen molar-refractivity contribution >= 4 is 16.5 Å². The van der Waals surface area contributed by atoms with Gasteiger partial charge in [0.05, 0.1) is 5.39 Å². The van der Waals surface area contributed by atoms with E-state index in [2.05, 4.69) is 16.7 Å². The molecule has 2 heterocycles. The van der Waals surface area contributed by atoms with Crippen molar-refractivity contribution < 1.29 is 8.96 Å². The summed E-state index contributed by atoms with van der Waals surface area (Å²) < 4.78 is 16.5. The first-order chi connectivity index (χ1) is 8.74. The van der Waals surface area contributed by atoms with Crippen LogP contribution < -0.4 is 4.57 Å². The number of pyridine rings is 1. The summed E-state index contributed by atoms with van der Waals surface area (Å²) >= 11 is 0. The Labute approximate surface area is 106 Å². The van der Waals surface area contributed by atoms with Gasteiger partial charge in [0, 0.05) is 23.3 Å². The van der Waals surface area contributed by atoms with Gasteiger partial charge in [-0.15, -0.1) is 0 Å². The molecule has 1 aliphatic carbocycles. The molecule has 0 saturated heterocycles. The molecule has 0 radical (unpaired) electrons. The molecule has 4 rings (SSSR count). The van der Waals surface area contributed by atoms with Crippen LogP contribution in [0.3, 0.4) is 0 Å². The number of aryl methyl sites for hydroxylation is 1. The summed E-state index contributed by atoms with van der Waals surface area (Å²) in [6.45, 7) is 2.97. The van der Waals surface area contributed by atoms with Gasteiger partial charge in [0.1, 0.15) is 5.82 Å². The van der Waals surface area contributed by atoms with E-state index in [1.165, 1.54) is 24.0 Å². The smallest absolute Gasteiger partial charge is 0.206 e. The van der Waals surface area contributed by atoms with Crippen LogP contribution in [0.5, 0.6) is 0 Å². The number of rotatable bonds is 0. The van der Waals surface area contributed by atoms with Gasteiger partial charge in [-0.1, -0.05) is 6.07 Å². The second-order valence-corrected chi connectivity index (χ2v) is 5.42. The molecule has 2 aliphatic rings. The van der Waals surface area contributed by atoms with Crippen molar-refractivity contribution in [2.24, 2.45) is 0 Å². The zero-order chi connectivity index (χ0) is 12.3. The minimum Gasteiger partial charge on any atom is -0.206 e. The van der Waals surface area contributed by atoms with Crippen molar-refractivity contribution in [2.75, 3.05) is 0 Å². The van der Waals surface area contributed by atoms with Gasteiger partial charge in [-0.3, -0.25) is 0 Å². The molecule has 0 unspecified atom stereocenters. The molecule has 0 amide bonds. The molecule has 2 aromatic rings. The normalized spacial score (nSPS) is 17.4. The fraction of sp³-hybridized carbons (Fsp3) is 0.312. The Bertz CT molecular complexity index is 713. The van der Waals surface area contributed by atoms with Gasteiger partial charge in [0.2, 0.25) is 11.2 Å². The fourth-order valence-corrected chi connectivity index (χ4v) is 3.38. The Hall–Kier alpha value is -1.70. The minimum absolute atomic E-state index is 0.0828. The minimum atomic E-state index is -0.0828. The third-order valence-electron chi connectivity index (χ3n) is 4.24. The zero-order valence-electron chi connectivity index (χ0n) is 10.5. The summed E-state index contributed by atoms with van der Waals surface area (Å²) in [6.07, 6.45) is 3.54. The van der Waals surface area contributed by atoms with Crippen LogP contribution in [-0.2, 0) is 6.54 Å². The third kappa shape index (κ3) is 1.23. The largest absolute Gasteiger partial charge is 0.216 e. The van der Waals surface area contributed by atoms with E-state index < -0.39 is 0 Å². The van der Waals surface area contributed by atoms with Gasteiger partial charge in [-0.2, -0.15) is 4.57 Å². The predicted molar refractivity (Wildman–Crippen MR) is 69.6 cm³/mol. The molecule has 1 aliphatic heterocycles. The lowest BCUT2D eigenvalue weighted by Crippen LogP contribution is -2.36. The topological polar surface area (TPSA) is 3.88 Å². The van der Waals surface area contributed by atoms with Crippen LogP contribution in [-0.4, -0.2) is 0 Å². The van der Waals surface area contributed by atoms with Gasteiger partial charge in [0.15, 0.2) is 6.54 Å². The number of fused-ring (bicyclic) bond motifs is 4. The average molecular weight is 240 g/mol. The van der Waals surface area contributed by atoms with Crippen LogP contribution in [0.15, 0.2) is 29.8 Å². The molecule has 18 heavy (non-hydrogen) atoms. The number of hydrogen-bond acceptors (Lipinski definition) is 0. The van der Waals surface area contributed by atoms with Crippen molar-refractivity contribution in [3.63, 3.8) is 0 Å². The van der Waals surface area contributed by atoms with Crippen LogP contribution in [0.2, 0.25) is 0 Å². The Morgan fingerprint density at radius 1 is 1.17 bits per heavy atom. The van der Waals surface area contributed by atoms with Crippen molar-refractivity contribution in [2.45, 2.75) is 32.7 Å². The van der Waals surface area contributed by atoms with Crippen LogP contribution in [0.4, 0.5) is 4.39 Å². The van der Waals surface area contributed by atoms with Crippen molar-refractivity contribution in [3.05, 3.63) is 46.9 Å². The lowest BCUT2D eigenvalue weighted by Gasteiger charge is -2.05. The van der Waals surface area contributed by atoms with Gasteiger partial charge in [0.25, 0.3) is 0 Å². The highest BCUT2D eigenvalue weighted by molar-refractivity contribution is 5.80. The standard InChI is InChI=1S/C16H15FN/c1-10-5-6-15-13(7-10)14(17)8-16-12-4-2-3-11(12)9-18(15)16/h5-8H,2-4,9H2,1H3/q+1. The van der Waals surface area contributed by atoms with E-state index in [1.54, 1.807) is 6.07 Å². The average Bonchev–Trinajstić information content (AvgIpc) is 2.91. The molecular formula is C16H15FN+. The first kappa shape index (κ1) is 10.2. The Morgan fingerprint density at radius 2 is 2.06 bits per heavy atom. The molecule has 0 atom stereocenters. The summed E-state index contributed by atoms with van der Waals surface area (Å²) in [5.41, 5.74) is 6.17. The quantitative estimate of drug-likeness (QED) is 0.620. The number of benzene rings is 1. The van der Waals surface area contributed by atoms with Crippen LogP contribution >= 0.6 is 0 Å². The lowest BCUT2D eigenvalue weighted by atomic mass is 10.1. The van der Waals surface area contributed by atoms with Gasteiger partial charge in [-0.25, -0.2) is 4.39 Å². The molecule has 90 valence electrons. The lowest BCUT2D eigenvalue weighted by molar-refractivity contribution is -0.660. The monoisotopic (exact) mass is 240 g/mol. The third-order valence-corrected chi connectivity index (χ3v) is 4.24. The molecular weight excluding hydrogens is 225 g/mol. The zero-order valence-corrected chi connectivity index (χ0v) is 10.5. The molecule has 0 spiro atoms. The molecule has 0 bridgehead atoms. The van der Waals surface area contributed by atoms with Gasteiger partial charge < -0.3 is 0 Å². The second kappa shape index (κ2) is 3.41. The van der Waals surface area contributed by atoms with Crippen molar-refractivity contribution in [1.82, 2.24) is 0 Å². The van der Waals surface area contributed by atoms with E-state index in [4.69, 9.17) is 0 Å². The highest BCUT2D eigenvalue weighted by Gasteiger charge is 2.34. The second-order valence-electron chi connectivity index (χ2n) is 5.42. The summed E-state index contributed by atoms with van der Waals surface area (Å²) in [5.74, 6) is -0.0828. The highest BCUT2D eigenvalue weighted by Crippen LogP contribution is 2.37. The molecule has 0 N–H and O–H groups in total. The van der Waals surface area contributed by atoms with E-state index in [0.29, 0.717) is 0 Å². The molecule has 1 aromatic carbocycles. The maximum absolute atomic E-state index is 14.2. The Kier molecular flexibility index (Phi) is 1.94. The number of nitrogens with zero attached hydrogens (tertiary/aromatic N) is 1. The first-order valence-electron chi connectivity index (χ1n) is 6.58. The molecule has 1 aromatic heterocycles. The number of halogens is 1. The van der Waals surface area contributed by atoms with Crippen LogP contribution in [0, 0.1) is 12.7 Å². The first-order valence-corrected chi connectivity index (χ1v) is 6.58. The molecule has 2 heteroatoms. The van der Waals surface area contributed by atoms with E-state index in [0.717, 1.165) is 35.1 Å². The van der Waals surface area contributed by atoms with E-state index >= 15 is 0 Å². The molecule has 0 saturated carbocycles. The maximum atomic E-state index is 14.2. The highest BCUT2D eigenvalue weighted by atomic mass is 19.1. The SMILES string of the molecule is Cc1ccc2c(c1)c(F)cc1[n+]2CC2=C1CCC2. The molecule has 0 fully saturated rings. The Balaban J connectivity index is 2.06. The number of allylic oxidation sites excluding steroid dienone is 2. The summed E-state index contributed by atoms with van der Waals surface area (Å²) in [7, 11) is 0. The van der Waals surface area contributed by atoms with E-state index in [9.17, 15) is 4.39 Å². The predicted octanol–water partition coefficient (Wildman–Crippen LogP) is 3.53. The summed E-state index contributed by atoms with van der Waals surface area (Å²) in [5, 5.41) is 0.750. The van der Waals surface area contributed by atoms with Crippen LogP contribution in [0.25, 0.3) is 16.5 Å². The number of hydrogen-bond donors (Lipinski definition) is 0. The van der Waals surface area contributed by atoms with Crippen molar-refractivity contribution in [1.29, 1.82) is 0 Å². The maximum Gasteiger partial charge on any atom is 0.216 e. The number of aromatic nitrogens is 1. The van der Waals surface area contributed by atoms with Crippen LogP contribution in [0.1, 0.15) is 30.5 Å². The summed E-state index contributed by atoms with van der Waals surface area (Å²) in [4.78, 5) is 0. The van der Waals surface area contributed by atoms with Gasteiger partial charge in [-0.05, 0) is 37.8 Å². The van der Waals surface area contributed by atoms with E-state index in [-0.39, 0.29) is 5.82 Å². The molecule has 1 nitrogen and oxygen atoms in total. The van der Waals surface area contributed by atoms with Gasteiger partial charge >= 0.3 is 0 Å². The summed E-state index contributed by atoms with van der Waals surface area (Å²) in [6, 6.07) is 7.80. The van der Waals surface area contributed by atoms with Crippen molar-refractivity contribution in [3.8, 4) is 0 Å². The fourth-order valence-electron chi connectivity index (χ4n) is 3.38.